The number of hydrogen-bond donors (Lipinski definition) is 1. The van der Waals surface area contributed by atoms with Crippen LogP contribution in [0.25, 0.3) is 10.9 Å². The zero-order valence-electron chi connectivity index (χ0n) is 17.3. The fourth-order valence-corrected chi connectivity index (χ4v) is 6.77. The van der Waals surface area contributed by atoms with Crippen molar-refractivity contribution < 1.29 is 19.0 Å². The molecule has 1 amide bonds. The first-order valence-corrected chi connectivity index (χ1v) is 10.3. The minimum Gasteiger partial charge on any atom is -0.497 e. The molecule has 7 heteroatoms. The van der Waals surface area contributed by atoms with E-state index in [2.05, 4.69) is 22.9 Å². The van der Waals surface area contributed by atoms with Crippen molar-refractivity contribution in [1.29, 1.82) is 0 Å². The van der Waals surface area contributed by atoms with Gasteiger partial charge in [-0.15, -0.1) is 6.58 Å². The Morgan fingerprint density at radius 1 is 1.27 bits per heavy atom. The van der Waals surface area contributed by atoms with Crippen molar-refractivity contribution in [2.45, 2.75) is 41.7 Å². The van der Waals surface area contributed by atoms with E-state index in [0.717, 1.165) is 35.2 Å². The molecule has 0 radical (unpaired) electrons. The topological polar surface area (TPSA) is 72.9 Å². The molecule has 0 bridgehead atoms. The number of hydrogen-bond acceptors (Lipinski definition) is 6. The molecule has 0 unspecified atom stereocenters. The molecule has 1 saturated carbocycles. The Balaban J connectivity index is 1.58. The minimum atomic E-state index is -0.240. The molecule has 3 fully saturated rings. The van der Waals surface area contributed by atoms with Gasteiger partial charge in [0.2, 0.25) is 0 Å². The number of pyridine rings is 1. The van der Waals surface area contributed by atoms with Gasteiger partial charge in [0.15, 0.2) is 0 Å². The third-order valence-electron chi connectivity index (χ3n) is 7.94. The first-order chi connectivity index (χ1) is 14.5. The number of methoxy groups -OCH3 is 3. The Kier molecular flexibility index (Phi) is 3.54. The monoisotopic (exact) mass is 407 g/mol. The summed E-state index contributed by atoms with van der Waals surface area (Å²) >= 11 is 0. The van der Waals surface area contributed by atoms with Crippen molar-refractivity contribution in [3.8, 4) is 5.75 Å². The summed E-state index contributed by atoms with van der Waals surface area (Å²) < 4.78 is 17.3. The number of carbonyl (C=O) groups excluding carboxylic acids is 1. The number of nitrogens with one attached hydrogen (secondary N) is 1. The third-order valence-corrected chi connectivity index (χ3v) is 7.94. The number of carbonyl (C=O) groups is 1. The molecule has 156 valence electrons. The lowest BCUT2D eigenvalue weighted by Crippen LogP contribution is -2.53. The van der Waals surface area contributed by atoms with E-state index in [1.54, 1.807) is 21.3 Å². The summed E-state index contributed by atoms with van der Waals surface area (Å²) in [4.78, 5) is 20.2. The molecule has 2 spiro atoms. The minimum absolute atomic E-state index is 0.0141. The second-order valence-electron chi connectivity index (χ2n) is 8.78. The second kappa shape index (κ2) is 5.81. The molecule has 1 aliphatic carbocycles. The highest BCUT2D eigenvalue weighted by Gasteiger charge is 2.87. The third kappa shape index (κ3) is 1.83. The van der Waals surface area contributed by atoms with E-state index in [1.165, 1.54) is 0 Å². The van der Waals surface area contributed by atoms with Gasteiger partial charge in [0.05, 0.1) is 30.2 Å². The average Bonchev–Trinajstić information content (AvgIpc) is 3.26. The van der Waals surface area contributed by atoms with Crippen LogP contribution in [0, 0.1) is 0 Å². The summed E-state index contributed by atoms with van der Waals surface area (Å²) in [5, 5.41) is 4.23. The van der Waals surface area contributed by atoms with Crippen molar-refractivity contribution in [2.75, 3.05) is 27.9 Å². The van der Waals surface area contributed by atoms with Crippen LogP contribution in [0.15, 0.2) is 36.9 Å². The summed E-state index contributed by atoms with van der Waals surface area (Å²) in [7, 11) is 5.14. The summed E-state index contributed by atoms with van der Waals surface area (Å²) in [5.41, 5.74) is 1.85. The van der Waals surface area contributed by atoms with Crippen molar-refractivity contribution >= 4 is 16.8 Å². The van der Waals surface area contributed by atoms with Crippen molar-refractivity contribution in [1.82, 2.24) is 15.2 Å². The van der Waals surface area contributed by atoms with Gasteiger partial charge in [-0.25, -0.2) is 4.98 Å². The molecular weight excluding hydrogens is 382 g/mol. The van der Waals surface area contributed by atoms with Crippen molar-refractivity contribution in [3.05, 3.63) is 48.2 Å². The van der Waals surface area contributed by atoms with Crippen LogP contribution in [0.3, 0.4) is 0 Å². The van der Waals surface area contributed by atoms with E-state index < -0.39 is 0 Å². The van der Waals surface area contributed by atoms with E-state index in [4.69, 9.17) is 19.2 Å². The Bertz CT molecular complexity index is 1100. The normalized spacial score (nSPS) is 38.4. The van der Waals surface area contributed by atoms with Crippen LogP contribution in [-0.2, 0) is 14.9 Å². The number of fused-ring (bicyclic) bond motifs is 2. The molecule has 7 nitrogen and oxygen atoms in total. The van der Waals surface area contributed by atoms with Gasteiger partial charge < -0.3 is 19.5 Å². The molecule has 1 N–H and O–H groups in total. The van der Waals surface area contributed by atoms with Gasteiger partial charge in [0.1, 0.15) is 23.7 Å². The standard InChI is InChI=1S/C23H25N3O4/c1-5-16-19(29-3)20(30-4)23-11-22(23)14-9-12-8-13(28-2)6-7-15(12)24-18(14)21(27)25-17(22)10-26(16)23/h5-9,16-17,19-20H,1,10-11H2,2-4H3,(H,25,27)/t16-,17+,19-,20+,22+,23+/m1/s1. The Labute approximate surface area is 175 Å². The van der Waals surface area contributed by atoms with E-state index in [9.17, 15) is 4.79 Å². The van der Waals surface area contributed by atoms with Gasteiger partial charge in [-0.2, -0.15) is 0 Å². The quantitative estimate of drug-likeness (QED) is 0.777. The maximum atomic E-state index is 13.0. The number of ether oxygens (including phenoxy) is 3. The van der Waals surface area contributed by atoms with Gasteiger partial charge in [0.25, 0.3) is 5.91 Å². The molecule has 1 aromatic carbocycles. The Hall–Kier alpha value is -2.48. The van der Waals surface area contributed by atoms with Crippen LogP contribution in [0.5, 0.6) is 5.75 Å². The number of nitrogens with zero attached hydrogens (tertiary/aromatic N) is 2. The number of amides is 1. The first-order valence-electron chi connectivity index (χ1n) is 10.3. The lowest BCUT2D eigenvalue weighted by Gasteiger charge is -2.34. The highest BCUT2D eigenvalue weighted by molar-refractivity contribution is 6.00. The summed E-state index contributed by atoms with van der Waals surface area (Å²) in [6, 6.07) is 7.95. The molecule has 6 atom stereocenters. The van der Waals surface area contributed by atoms with Crippen LogP contribution in [0.2, 0.25) is 0 Å². The van der Waals surface area contributed by atoms with Gasteiger partial charge in [-0.3, -0.25) is 9.69 Å². The van der Waals surface area contributed by atoms with Gasteiger partial charge >= 0.3 is 0 Å². The van der Waals surface area contributed by atoms with Crippen LogP contribution in [-0.4, -0.2) is 73.5 Å². The zero-order chi connectivity index (χ0) is 20.8. The maximum Gasteiger partial charge on any atom is 0.270 e. The number of piperidine rings is 1. The van der Waals surface area contributed by atoms with Crippen LogP contribution < -0.4 is 10.1 Å². The maximum absolute atomic E-state index is 13.0. The molecule has 6 rings (SSSR count). The van der Waals surface area contributed by atoms with E-state index in [-0.39, 0.29) is 41.2 Å². The highest BCUT2D eigenvalue weighted by atomic mass is 16.5. The van der Waals surface area contributed by atoms with E-state index >= 15 is 0 Å². The molecule has 4 aliphatic rings. The van der Waals surface area contributed by atoms with Crippen LogP contribution >= 0.6 is 0 Å². The second-order valence-corrected chi connectivity index (χ2v) is 8.78. The summed E-state index contributed by atoms with van der Waals surface area (Å²) in [6.07, 6.45) is 2.64. The van der Waals surface area contributed by atoms with Crippen molar-refractivity contribution in [2.24, 2.45) is 0 Å². The fraction of sp³-hybridized carbons (Fsp3) is 0.478. The molecule has 2 saturated heterocycles. The predicted molar refractivity (Wildman–Crippen MR) is 111 cm³/mol. The number of benzene rings is 1. The first kappa shape index (κ1) is 18.3. The summed E-state index contributed by atoms with van der Waals surface area (Å²) in [5.74, 6) is 0.674. The fourth-order valence-electron chi connectivity index (χ4n) is 6.77. The average molecular weight is 407 g/mol. The SMILES string of the molecule is C=C[C@@H]1[C@@H](OC)[C@H](OC)[C@@]23C[C@@]24c2cc5cc(OC)ccc5nc2C(=O)N[C@H]4CN13. The van der Waals surface area contributed by atoms with Crippen molar-refractivity contribution in [3.63, 3.8) is 0 Å². The Morgan fingerprint density at radius 3 is 2.80 bits per heavy atom. The van der Waals surface area contributed by atoms with Gasteiger partial charge in [-0.05, 0) is 36.2 Å². The van der Waals surface area contributed by atoms with Crippen LogP contribution in [0.1, 0.15) is 22.5 Å². The van der Waals surface area contributed by atoms with Gasteiger partial charge in [-0.1, -0.05) is 6.08 Å². The molecule has 4 heterocycles. The van der Waals surface area contributed by atoms with E-state index in [0.29, 0.717) is 5.69 Å². The Morgan fingerprint density at radius 2 is 2.10 bits per heavy atom. The zero-order valence-corrected chi connectivity index (χ0v) is 17.3. The largest absolute Gasteiger partial charge is 0.497 e. The lowest BCUT2D eigenvalue weighted by atomic mass is 9.80. The lowest BCUT2D eigenvalue weighted by molar-refractivity contribution is -0.0313. The number of aromatic nitrogens is 1. The van der Waals surface area contributed by atoms with Crippen LogP contribution in [0.4, 0.5) is 0 Å². The predicted octanol–water partition coefficient (Wildman–Crippen LogP) is 1.65. The molecule has 1 aromatic heterocycles. The van der Waals surface area contributed by atoms with Gasteiger partial charge in [0, 0.05) is 31.6 Å². The summed E-state index contributed by atoms with van der Waals surface area (Å²) in [6.45, 7) is 4.81. The highest BCUT2D eigenvalue weighted by Crippen LogP contribution is 2.73. The molecular formula is C23H25N3O4. The molecule has 3 aliphatic heterocycles. The molecule has 2 aromatic rings. The smallest absolute Gasteiger partial charge is 0.270 e. The number of rotatable bonds is 4. The van der Waals surface area contributed by atoms with E-state index in [1.807, 2.05) is 24.3 Å². The molecule has 30 heavy (non-hydrogen) atoms.